The summed E-state index contributed by atoms with van der Waals surface area (Å²) in [4.78, 5) is 4.61. The molecule has 2 unspecified atom stereocenters. The molecule has 0 aliphatic carbocycles. The summed E-state index contributed by atoms with van der Waals surface area (Å²) in [5, 5.41) is 9.95. The Bertz CT molecular complexity index is 365. The van der Waals surface area contributed by atoms with Crippen LogP contribution >= 0.6 is 0 Å². The van der Waals surface area contributed by atoms with E-state index < -0.39 is 0 Å². The molecule has 0 saturated heterocycles. The van der Waals surface area contributed by atoms with Crippen molar-refractivity contribution in [3.8, 4) is 5.75 Å². The second-order valence-electron chi connectivity index (χ2n) is 5.18. The summed E-state index contributed by atoms with van der Waals surface area (Å²) in [6.45, 7) is 8.56. The lowest BCUT2D eigenvalue weighted by Crippen LogP contribution is -2.41. The number of benzene rings is 1. The zero-order valence-corrected chi connectivity index (χ0v) is 12.2. The van der Waals surface area contributed by atoms with E-state index in [9.17, 15) is 5.11 Å². The summed E-state index contributed by atoms with van der Waals surface area (Å²) in [5.41, 5.74) is 1.00. The van der Waals surface area contributed by atoms with E-state index in [1.165, 1.54) is 0 Å². The number of para-hydroxylation sites is 1. The maximum Gasteiger partial charge on any atom is 0.120 e. The second-order valence-corrected chi connectivity index (χ2v) is 5.18. The Balaban J connectivity index is 2.85. The van der Waals surface area contributed by atoms with Gasteiger partial charge in [0.1, 0.15) is 5.75 Å². The molecule has 3 heteroatoms. The Labute approximate surface area is 111 Å². The van der Waals surface area contributed by atoms with Gasteiger partial charge in [-0.1, -0.05) is 25.1 Å². The maximum atomic E-state index is 9.95. The number of nitrogens with zero attached hydrogens (tertiary/aromatic N) is 2. The normalized spacial score (nSPS) is 15.1. The van der Waals surface area contributed by atoms with Gasteiger partial charge in [0.2, 0.25) is 0 Å². The Morgan fingerprint density at radius 3 is 2.28 bits per heavy atom. The Kier molecular flexibility index (Phi) is 5.63. The van der Waals surface area contributed by atoms with Crippen molar-refractivity contribution in [2.24, 2.45) is 0 Å². The van der Waals surface area contributed by atoms with E-state index in [4.69, 9.17) is 0 Å². The molecule has 0 spiro atoms. The predicted octanol–water partition coefficient (Wildman–Crippen LogP) is 2.73. The first-order chi connectivity index (χ1) is 8.47. The fraction of sp³-hybridized carbons (Fsp3) is 0.600. The summed E-state index contributed by atoms with van der Waals surface area (Å²) in [6.07, 6.45) is 0. The van der Waals surface area contributed by atoms with Gasteiger partial charge in [0.25, 0.3) is 0 Å². The lowest BCUT2D eigenvalue weighted by molar-refractivity contribution is 0.135. The van der Waals surface area contributed by atoms with Crippen LogP contribution in [0.2, 0.25) is 0 Å². The van der Waals surface area contributed by atoms with Crippen LogP contribution in [0.4, 0.5) is 0 Å². The summed E-state index contributed by atoms with van der Waals surface area (Å²) in [6, 6.07) is 8.30. The van der Waals surface area contributed by atoms with Gasteiger partial charge in [-0.15, -0.1) is 0 Å². The molecule has 0 aliphatic heterocycles. The highest BCUT2D eigenvalue weighted by atomic mass is 16.3. The number of rotatable bonds is 6. The molecular weight excluding hydrogens is 224 g/mol. The summed E-state index contributed by atoms with van der Waals surface area (Å²) in [5.74, 6) is 0.389. The van der Waals surface area contributed by atoms with E-state index in [2.05, 4.69) is 44.7 Å². The average molecular weight is 250 g/mol. The molecule has 0 saturated carbocycles. The van der Waals surface area contributed by atoms with Gasteiger partial charge in [-0.25, -0.2) is 0 Å². The molecule has 1 N–H and O–H groups in total. The summed E-state index contributed by atoms with van der Waals surface area (Å²) >= 11 is 0. The van der Waals surface area contributed by atoms with Gasteiger partial charge in [0, 0.05) is 24.2 Å². The van der Waals surface area contributed by atoms with Crippen LogP contribution in [0.15, 0.2) is 24.3 Å². The topological polar surface area (TPSA) is 26.7 Å². The predicted molar refractivity (Wildman–Crippen MR) is 76.9 cm³/mol. The van der Waals surface area contributed by atoms with Crippen LogP contribution in [0.1, 0.15) is 32.4 Å². The monoisotopic (exact) mass is 250 g/mol. The molecule has 102 valence electrons. The number of hydrogen-bond acceptors (Lipinski definition) is 3. The van der Waals surface area contributed by atoms with Crippen molar-refractivity contribution in [1.82, 2.24) is 9.80 Å². The van der Waals surface area contributed by atoms with Crippen LogP contribution in [0.5, 0.6) is 5.75 Å². The van der Waals surface area contributed by atoms with Gasteiger partial charge < -0.3 is 10.0 Å². The first-order valence-electron chi connectivity index (χ1n) is 6.65. The molecule has 3 nitrogen and oxygen atoms in total. The maximum absolute atomic E-state index is 9.95. The number of aromatic hydroxyl groups is 1. The molecule has 0 aliphatic rings. The highest BCUT2D eigenvalue weighted by Gasteiger charge is 2.22. The van der Waals surface area contributed by atoms with Crippen molar-refractivity contribution >= 4 is 0 Å². The van der Waals surface area contributed by atoms with Crippen molar-refractivity contribution in [3.05, 3.63) is 29.8 Å². The molecule has 1 rings (SSSR count). The number of likely N-dealkylation sites (N-methyl/N-ethyl adjacent to an activating group) is 2. The molecule has 0 amide bonds. The second kappa shape index (κ2) is 6.76. The van der Waals surface area contributed by atoms with E-state index >= 15 is 0 Å². The molecule has 1 aromatic carbocycles. The zero-order chi connectivity index (χ0) is 13.7. The largest absolute Gasteiger partial charge is 0.508 e. The smallest absolute Gasteiger partial charge is 0.120 e. The molecule has 1 aromatic rings. The lowest BCUT2D eigenvalue weighted by Gasteiger charge is -2.35. The minimum absolute atomic E-state index is 0.228. The van der Waals surface area contributed by atoms with Gasteiger partial charge in [0.05, 0.1) is 0 Å². The van der Waals surface area contributed by atoms with E-state index in [0.29, 0.717) is 11.8 Å². The third-order valence-corrected chi connectivity index (χ3v) is 3.44. The van der Waals surface area contributed by atoms with Crippen molar-refractivity contribution in [2.75, 3.05) is 27.2 Å². The van der Waals surface area contributed by atoms with Gasteiger partial charge in [-0.05, 0) is 40.6 Å². The Morgan fingerprint density at radius 1 is 1.17 bits per heavy atom. The summed E-state index contributed by atoms with van der Waals surface area (Å²) < 4.78 is 0. The number of hydrogen-bond donors (Lipinski definition) is 1. The highest BCUT2D eigenvalue weighted by Crippen LogP contribution is 2.29. The molecule has 0 fully saturated rings. The number of phenols is 1. The minimum atomic E-state index is 0.228. The van der Waals surface area contributed by atoms with Crippen molar-refractivity contribution < 1.29 is 5.11 Å². The third kappa shape index (κ3) is 3.72. The quantitative estimate of drug-likeness (QED) is 0.841. The van der Waals surface area contributed by atoms with Crippen molar-refractivity contribution in [2.45, 2.75) is 32.9 Å². The van der Waals surface area contributed by atoms with Crippen molar-refractivity contribution in [1.29, 1.82) is 0 Å². The number of phenolic OH excluding ortho intramolecular Hbond substituents is 1. The van der Waals surface area contributed by atoms with Gasteiger partial charge in [-0.3, -0.25) is 4.90 Å². The van der Waals surface area contributed by atoms with Gasteiger partial charge >= 0.3 is 0 Å². The van der Waals surface area contributed by atoms with Crippen LogP contribution in [-0.4, -0.2) is 48.1 Å². The molecule has 0 aromatic heterocycles. The molecule has 18 heavy (non-hydrogen) atoms. The molecule has 0 heterocycles. The van der Waals surface area contributed by atoms with E-state index in [0.717, 1.165) is 18.7 Å². The van der Waals surface area contributed by atoms with Gasteiger partial charge in [0.15, 0.2) is 0 Å². The molecular formula is C15H26N2O. The van der Waals surface area contributed by atoms with Crippen LogP contribution in [0.25, 0.3) is 0 Å². The lowest BCUT2D eigenvalue weighted by atomic mass is 10.0. The van der Waals surface area contributed by atoms with Crippen LogP contribution in [0.3, 0.4) is 0 Å². The van der Waals surface area contributed by atoms with E-state index in [-0.39, 0.29) is 6.04 Å². The molecule has 0 bridgehead atoms. The van der Waals surface area contributed by atoms with E-state index in [1.807, 2.05) is 18.2 Å². The van der Waals surface area contributed by atoms with Crippen LogP contribution in [-0.2, 0) is 0 Å². The highest BCUT2D eigenvalue weighted by molar-refractivity contribution is 5.34. The molecule has 0 radical (unpaired) electrons. The fourth-order valence-corrected chi connectivity index (χ4v) is 2.62. The van der Waals surface area contributed by atoms with E-state index in [1.54, 1.807) is 6.07 Å². The van der Waals surface area contributed by atoms with Crippen molar-refractivity contribution in [3.63, 3.8) is 0 Å². The SMILES string of the molecule is CCN(C(C)CN(C)C)C(C)c1ccccc1O. The summed E-state index contributed by atoms with van der Waals surface area (Å²) in [7, 11) is 4.18. The van der Waals surface area contributed by atoms with Crippen LogP contribution < -0.4 is 0 Å². The fourth-order valence-electron chi connectivity index (χ4n) is 2.62. The Hall–Kier alpha value is -1.06. The minimum Gasteiger partial charge on any atom is -0.508 e. The average Bonchev–Trinajstić information content (AvgIpc) is 2.29. The standard InChI is InChI=1S/C15H26N2O/c1-6-17(12(2)11-16(4)5)13(3)14-9-7-8-10-15(14)18/h7-10,12-13,18H,6,11H2,1-5H3. The van der Waals surface area contributed by atoms with Crippen LogP contribution in [0, 0.1) is 0 Å². The first kappa shape index (κ1) is 15.0. The van der Waals surface area contributed by atoms with Gasteiger partial charge in [-0.2, -0.15) is 0 Å². The zero-order valence-electron chi connectivity index (χ0n) is 12.2. The molecule has 2 atom stereocenters. The third-order valence-electron chi connectivity index (χ3n) is 3.44. The Morgan fingerprint density at radius 2 is 1.78 bits per heavy atom. The first-order valence-corrected chi connectivity index (χ1v) is 6.65.